The Morgan fingerprint density at radius 1 is 0.867 bits per heavy atom. The zero-order chi connectivity index (χ0) is 19.9. The quantitative estimate of drug-likeness (QED) is 0.452. The maximum atomic E-state index is 3.96. The summed E-state index contributed by atoms with van der Waals surface area (Å²) in [6.07, 6.45) is 15.0. The van der Waals surface area contributed by atoms with E-state index in [2.05, 4.69) is 75.9 Å². The Labute approximate surface area is 188 Å². The van der Waals surface area contributed by atoms with Gasteiger partial charge in [-0.25, -0.2) is 0 Å². The molecule has 5 aliphatic carbocycles. The molecule has 0 saturated heterocycles. The lowest BCUT2D eigenvalue weighted by Gasteiger charge is -2.57. The molecule has 1 aliphatic heterocycles. The van der Waals surface area contributed by atoms with Gasteiger partial charge in [-0.2, -0.15) is 0 Å². The SMILES string of the molecule is Brc1ccccc1C1Nc2ccc(C34CC5CC(CC(C5)C3)C4)cc2C2C=CCC21. The summed E-state index contributed by atoms with van der Waals surface area (Å²) in [6.45, 7) is 0. The second kappa shape index (κ2) is 6.48. The highest BCUT2D eigenvalue weighted by Gasteiger charge is 2.52. The number of hydrogen-bond donors (Lipinski definition) is 1. The van der Waals surface area contributed by atoms with Gasteiger partial charge >= 0.3 is 0 Å². The van der Waals surface area contributed by atoms with Gasteiger partial charge in [0.2, 0.25) is 0 Å². The van der Waals surface area contributed by atoms with E-state index in [1.807, 2.05) is 0 Å². The van der Waals surface area contributed by atoms with E-state index in [4.69, 9.17) is 0 Å². The molecular weight excluding hydrogens is 430 g/mol. The highest BCUT2D eigenvalue weighted by Crippen LogP contribution is 2.61. The van der Waals surface area contributed by atoms with Crippen LogP contribution in [0.1, 0.15) is 73.6 Å². The normalized spacial score (nSPS) is 40.2. The van der Waals surface area contributed by atoms with E-state index >= 15 is 0 Å². The Morgan fingerprint density at radius 3 is 2.33 bits per heavy atom. The maximum Gasteiger partial charge on any atom is 0.0565 e. The second-order valence-electron chi connectivity index (χ2n) is 11.0. The molecule has 6 aliphatic rings. The van der Waals surface area contributed by atoms with Crippen molar-refractivity contribution in [2.45, 2.75) is 62.3 Å². The summed E-state index contributed by atoms with van der Waals surface area (Å²) in [5.74, 6) is 4.17. The molecule has 0 aromatic heterocycles. The summed E-state index contributed by atoms with van der Waals surface area (Å²) in [6, 6.07) is 16.7. The van der Waals surface area contributed by atoms with Crippen molar-refractivity contribution < 1.29 is 0 Å². The number of rotatable bonds is 2. The largest absolute Gasteiger partial charge is 0.378 e. The third kappa shape index (κ3) is 2.58. The van der Waals surface area contributed by atoms with E-state index in [0.29, 0.717) is 23.3 Å². The smallest absolute Gasteiger partial charge is 0.0565 e. The number of hydrogen-bond acceptors (Lipinski definition) is 1. The van der Waals surface area contributed by atoms with Gasteiger partial charge in [-0.05, 0) is 103 Å². The van der Waals surface area contributed by atoms with Crippen molar-refractivity contribution in [1.29, 1.82) is 0 Å². The molecule has 3 unspecified atom stereocenters. The summed E-state index contributed by atoms with van der Waals surface area (Å²) >= 11 is 3.81. The highest BCUT2D eigenvalue weighted by atomic mass is 79.9. The van der Waals surface area contributed by atoms with Gasteiger partial charge in [0.05, 0.1) is 6.04 Å². The van der Waals surface area contributed by atoms with Gasteiger partial charge in [0.15, 0.2) is 0 Å². The minimum absolute atomic E-state index is 0.374. The van der Waals surface area contributed by atoms with Gasteiger partial charge in [0.1, 0.15) is 0 Å². The van der Waals surface area contributed by atoms with Gasteiger partial charge in [0.25, 0.3) is 0 Å². The molecule has 3 atom stereocenters. The molecule has 30 heavy (non-hydrogen) atoms. The minimum Gasteiger partial charge on any atom is -0.378 e. The molecule has 1 N–H and O–H groups in total. The van der Waals surface area contributed by atoms with E-state index in [-0.39, 0.29) is 0 Å². The van der Waals surface area contributed by atoms with Crippen LogP contribution >= 0.6 is 15.9 Å². The summed E-state index contributed by atoms with van der Waals surface area (Å²) in [7, 11) is 0. The molecule has 2 heteroatoms. The van der Waals surface area contributed by atoms with Crippen molar-refractivity contribution in [2.24, 2.45) is 23.7 Å². The zero-order valence-corrected chi connectivity index (χ0v) is 19.1. The predicted octanol–water partition coefficient (Wildman–Crippen LogP) is 7.74. The van der Waals surface area contributed by atoms with Gasteiger partial charge < -0.3 is 5.32 Å². The van der Waals surface area contributed by atoms with Gasteiger partial charge in [-0.1, -0.05) is 58.4 Å². The van der Waals surface area contributed by atoms with Crippen LogP contribution in [0.5, 0.6) is 0 Å². The van der Waals surface area contributed by atoms with Crippen LogP contribution in [0.4, 0.5) is 5.69 Å². The fraction of sp³-hybridized carbons (Fsp3) is 0.500. The molecular formula is C28H30BrN. The molecule has 4 bridgehead atoms. The average Bonchev–Trinajstić information content (AvgIpc) is 3.23. The summed E-state index contributed by atoms with van der Waals surface area (Å²) in [5, 5.41) is 3.96. The van der Waals surface area contributed by atoms with Crippen LogP contribution in [0.15, 0.2) is 59.1 Å². The zero-order valence-electron chi connectivity index (χ0n) is 17.5. The Hall–Kier alpha value is -1.54. The molecule has 2 aromatic carbocycles. The minimum atomic E-state index is 0.374. The van der Waals surface area contributed by atoms with E-state index in [9.17, 15) is 0 Å². The number of benzene rings is 2. The monoisotopic (exact) mass is 459 g/mol. The van der Waals surface area contributed by atoms with Crippen LogP contribution in [-0.4, -0.2) is 0 Å². The number of nitrogens with one attached hydrogen (secondary N) is 1. The Bertz CT molecular complexity index is 1000. The topological polar surface area (TPSA) is 12.0 Å². The Kier molecular flexibility index (Phi) is 3.90. The molecule has 1 nitrogen and oxygen atoms in total. The molecule has 1 heterocycles. The third-order valence-electron chi connectivity index (χ3n) is 9.25. The Morgan fingerprint density at radius 2 is 1.60 bits per heavy atom. The van der Waals surface area contributed by atoms with Crippen LogP contribution in [0.25, 0.3) is 0 Å². The molecule has 4 saturated carbocycles. The van der Waals surface area contributed by atoms with Crippen molar-refractivity contribution in [3.8, 4) is 0 Å². The molecule has 0 amide bonds. The molecule has 154 valence electrons. The van der Waals surface area contributed by atoms with Crippen molar-refractivity contribution in [2.75, 3.05) is 5.32 Å². The van der Waals surface area contributed by atoms with Crippen molar-refractivity contribution in [3.05, 3.63) is 75.8 Å². The number of anilines is 1. The average molecular weight is 460 g/mol. The molecule has 4 fully saturated rings. The summed E-state index contributed by atoms with van der Waals surface area (Å²) < 4.78 is 1.22. The fourth-order valence-corrected chi connectivity index (χ4v) is 8.96. The van der Waals surface area contributed by atoms with Crippen molar-refractivity contribution in [1.82, 2.24) is 0 Å². The summed E-state index contributed by atoms with van der Waals surface area (Å²) in [4.78, 5) is 0. The Balaban J connectivity index is 1.29. The van der Waals surface area contributed by atoms with Crippen molar-refractivity contribution >= 4 is 21.6 Å². The lowest BCUT2D eigenvalue weighted by molar-refractivity contribution is -0.00523. The first-order valence-electron chi connectivity index (χ1n) is 12.0. The lowest BCUT2D eigenvalue weighted by atomic mass is 9.48. The van der Waals surface area contributed by atoms with Crippen LogP contribution in [0.3, 0.4) is 0 Å². The van der Waals surface area contributed by atoms with Gasteiger partial charge in [-0.3, -0.25) is 0 Å². The first kappa shape index (κ1) is 18.1. The standard InChI is InChI=1S/C28H30BrN/c29-25-7-2-1-4-23(25)27-22-6-3-5-21(22)24-13-20(8-9-26(24)30-27)28-14-17-10-18(15-28)12-19(11-17)16-28/h1-5,7-9,13,17-19,21-22,27,30H,6,10-12,14-16H2. The summed E-state index contributed by atoms with van der Waals surface area (Å²) in [5.41, 5.74) is 6.47. The van der Waals surface area contributed by atoms with Crippen molar-refractivity contribution in [3.63, 3.8) is 0 Å². The van der Waals surface area contributed by atoms with E-state index in [1.54, 1.807) is 11.1 Å². The highest BCUT2D eigenvalue weighted by molar-refractivity contribution is 9.10. The van der Waals surface area contributed by atoms with Crippen LogP contribution < -0.4 is 5.32 Å². The van der Waals surface area contributed by atoms with Gasteiger partial charge in [-0.15, -0.1) is 0 Å². The number of fused-ring (bicyclic) bond motifs is 3. The molecule has 8 rings (SSSR count). The maximum absolute atomic E-state index is 3.96. The first-order valence-corrected chi connectivity index (χ1v) is 12.8. The number of halogens is 1. The first-order chi connectivity index (χ1) is 14.7. The van der Waals surface area contributed by atoms with Gasteiger partial charge in [0, 0.05) is 16.1 Å². The molecule has 2 aromatic rings. The van der Waals surface area contributed by atoms with E-state index in [1.165, 1.54) is 60.7 Å². The molecule has 0 spiro atoms. The third-order valence-corrected chi connectivity index (χ3v) is 9.98. The predicted molar refractivity (Wildman–Crippen MR) is 127 cm³/mol. The van der Waals surface area contributed by atoms with E-state index < -0.39 is 0 Å². The fourth-order valence-electron chi connectivity index (χ4n) is 8.42. The van der Waals surface area contributed by atoms with Crippen LogP contribution in [0, 0.1) is 23.7 Å². The van der Waals surface area contributed by atoms with Crippen LogP contribution in [-0.2, 0) is 5.41 Å². The van der Waals surface area contributed by atoms with E-state index in [0.717, 1.165) is 17.8 Å². The number of allylic oxidation sites excluding steroid dienone is 2. The lowest BCUT2D eigenvalue weighted by Crippen LogP contribution is -2.48. The van der Waals surface area contributed by atoms with Crippen LogP contribution in [0.2, 0.25) is 0 Å². The second-order valence-corrected chi connectivity index (χ2v) is 11.9. The molecule has 0 radical (unpaired) electrons.